The van der Waals surface area contributed by atoms with Gasteiger partial charge >= 0.3 is 6.03 Å². The second-order valence-corrected chi connectivity index (χ2v) is 8.56. The van der Waals surface area contributed by atoms with Gasteiger partial charge in [0.1, 0.15) is 11.3 Å². The zero-order chi connectivity index (χ0) is 24.3. The topological polar surface area (TPSA) is 118 Å². The lowest BCUT2D eigenvalue weighted by Crippen LogP contribution is -2.49. The summed E-state index contributed by atoms with van der Waals surface area (Å²) in [6.45, 7) is 1.81. The van der Waals surface area contributed by atoms with Crippen LogP contribution in [0.15, 0.2) is 59.8 Å². The number of hydrazine groups is 1. The van der Waals surface area contributed by atoms with Crippen LogP contribution in [0.1, 0.15) is 18.9 Å². The number of hydrogen-bond acceptors (Lipinski definition) is 7. The Labute approximate surface area is 200 Å². The first kappa shape index (κ1) is 23.3. The van der Waals surface area contributed by atoms with E-state index in [2.05, 4.69) is 20.9 Å². The summed E-state index contributed by atoms with van der Waals surface area (Å²) in [5, 5.41) is 12.4. The van der Waals surface area contributed by atoms with E-state index in [0.717, 1.165) is 28.1 Å². The molecular formula is C23H24N6O4S. The maximum absolute atomic E-state index is 13.1. The molecule has 1 saturated heterocycles. The van der Waals surface area contributed by atoms with Crippen molar-refractivity contribution in [3.63, 3.8) is 0 Å². The minimum absolute atomic E-state index is 0.0594. The molecule has 1 unspecified atom stereocenters. The van der Waals surface area contributed by atoms with Crippen LogP contribution < -0.4 is 15.5 Å². The van der Waals surface area contributed by atoms with Gasteiger partial charge in [-0.3, -0.25) is 15.0 Å². The lowest BCUT2D eigenvalue weighted by atomic mass is 9.87. The zero-order valence-electron chi connectivity index (χ0n) is 18.9. The van der Waals surface area contributed by atoms with Crippen molar-refractivity contribution in [2.24, 2.45) is 7.05 Å². The molecule has 11 heteroatoms. The molecule has 3 aromatic rings. The normalized spacial score (nSPS) is 17.6. The molecule has 1 aromatic heterocycles. The van der Waals surface area contributed by atoms with E-state index in [-0.39, 0.29) is 5.75 Å². The molecule has 176 valence electrons. The number of aromatic nitrogens is 3. The third-order valence-corrected chi connectivity index (χ3v) is 6.66. The Morgan fingerprint density at radius 1 is 1.12 bits per heavy atom. The first-order chi connectivity index (χ1) is 16.4. The van der Waals surface area contributed by atoms with Gasteiger partial charge in [0.15, 0.2) is 11.0 Å². The zero-order valence-corrected chi connectivity index (χ0v) is 19.8. The van der Waals surface area contributed by atoms with Crippen molar-refractivity contribution in [2.45, 2.75) is 24.0 Å². The van der Waals surface area contributed by atoms with Crippen molar-refractivity contribution in [1.82, 2.24) is 30.5 Å². The number of nitrogens with zero attached hydrogens (tertiary/aromatic N) is 4. The van der Waals surface area contributed by atoms with Crippen molar-refractivity contribution in [3.05, 3.63) is 60.2 Å². The molecular weight excluding hydrogens is 456 g/mol. The Bertz CT molecular complexity index is 1210. The average Bonchev–Trinajstić information content (AvgIpc) is 3.35. The van der Waals surface area contributed by atoms with Gasteiger partial charge in [-0.2, -0.15) is 5.01 Å². The highest BCUT2D eigenvalue weighted by atomic mass is 32.2. The highest BCUT2D eigenvalue weighted by molar-refractivity contribution is 7.99. The summed E-state index contributed by atoms with van der Waals surface area (Å²) in [6.07, 6.45) is 0.343. The minimum atomic E-state index is -1.21. The van der Waals surface area contributed by atoms with Gasteiger partial charge in [0, 0.05) is 12.6 Å². The molecule has 10 nitrogen and oxygen atoms in total. The molecule has 1 aliphatic heterocycles. The molecule has 34 heavy (non-hydrogen) atoms. The van der Waals surface area contributed by atoms with Crippen LogP contribution in [-0.4, -0.2) is 50.5 Å². The Morgan fingerprint density at radius 2 is 1.82 bits per heavy atom. The number of urea groups is 1. The van der Waals surface area contributed by atoms with E-state index < -0.39 is 23.4 Å². The van der Waals surface area contributed by atoms with Crippen LogP contribution in [0.3, 0.4) is 0 Å². The van der Waals surface area contributed by atoms with Crippen LogP contribution in [-0.2, 0) is 22.2 Å². The summed E-state index contributed by atoms with van der Waals surface area (Å²) < 4.78 is 6.94. The Kier molecular flexibility index (Phi) is 6.55. The Hall–Kier alpha value is -3.86. The Morgan fingerprint density at radius 3 is 2.47 bits per heavy atom. The number of thioether (sulfide) groups is 1. The van der Waals surface area contributed by atoms with E-state index in [0.29, 0.717) is 23.0 Å². The monoisotopic (exact) mass is 480 g/mol. The van der Waals surface area contributed by atoms with Crippen molar-refractivity contribution >= 4 is 29.6 Å². The summed E-state index contributed by atoms with van der Waals surface area (Å²) in [6, 6.07) is 15.7. The first-order valence-corrected chi connectivity index (χ1v) is 11.6. The number of carbonyl (C=O) groups excluding carboxylic acids is 3. The van der Waals surface area contributed by atoms with Gasteiger partial charge in [0.05, 0.1) is 12.9 Å². The van der Waals surface area contributed by atoms with Gasteiger partial charge in [-0.05, 0) is 36.2 Å². The lowest BCUT2D eigenvalue weighted by molar-refractivity contribution is -0.138. The summed E-state index contributed by atoms with van der Waals surface area (Å²) in [7, 11) is 3.40. The van der Waals surface area contributed by atoms with Crippen LogP contribution >= 0.6 is 11.8 Å². The standard InChI is InChI=1S/C23H24N6O4S/c1-4-23(16-8-6-5-7-9-16)20(31)29(21(32)24-23)27-18(30)14-34-22-26-25-19(28(22)2)15-10-12-17(33-3)13-11-15/h5-13H,4,14H2,1-3H3,(H,24,32)(H,27,30). The van der Waals surface area contributed by atoms with Crippen LogP contribution in [0.4, 0.5) is 4.79 Å². The average molecular weight is 481 g/mol. The number of amides is 4. The number of methoxy groups -OCH3 is 1. The van der Waals surface area contributed by atoms with Crippen molar-refractivity contribution < 1.29 is 19.1 Å². The van der Waals surface area contributed by atoms with Gasteiger partial charge in [-0.1, -0.05) is 49.0 Å². The molecule has 0 radical (unpaired) electrons. The molecule has 0 aliphatic carbocycles. The highest BCUT2D eigenvalue weighted by Crippen LogP contribution is 2.31. The third kappa shape index (κ3) is 4.21. The summed E-state index contributed by atoms with van der Waals surface area (Å²) in [5.41, 5.74) is 2.72. The maximum Gasteiger partial charge on any atom is 0.344 e. The van der Waals surface area contributed by atoms with Crippen molar-refractivity contribution in [2.75, 3.05) is 12.9 Å². The molecule has 1 fully saturated rings. The second-order valence-electron chi connectivity index (χ2n) is 7.61. The van der Waals surface area contributed by atoms with Crippen LogP contribution in [0.25, 0.3) is 11.4 Å². The maximum atomic E-state index is 13.1. The molecule has 2 aromatic carbocycles. The van der Waals surface area contributed by atoms with Crippen LogP contribution in [0, 0.1) is 0 Å². The van der Waals surface area contributed by atoms with E-state index in [1.165, 1.54) is 0 Å². The number of carbonyl (C=O) groups is 3. The van der Waals surface area contributed by atoms with Gasteiger partial charge < -0.3 is 14.6 Å². The van der Waals surface area contributed by atoms with Crippen molar-refractivity contribution in [3.8, 4) is 17.1 Å². The SMILES string of the molecule is CCC1(c2ccccc2)NC(=O)N(NC(=O)CSc2nnc(-c3ccc(OC)cc3)n2C)C1=O. The summed E-state index contributed by atoms with van der Waals surface area (Å²) in [5.74, 6) is 0.274. The summed E-state index contributed by atoms with van der Waals surface area (Å²) >= 11 is 1.15. The number of imide groups is 1. The third-order valence-electron chi connectivity index (χ3n) is 5.64. The van der Waals surface area contributed by atoms with E-state index >= 15 is 0 Å². The molecule has 2 heterocycles. The van der Waals surface area contributed by atoms with Gasteiger partial charge in [-0.25, -0.2) is 4.79 Å². The number of ether oxygens (including phenoxy) is 1. The number of hydrogen-bond donors (Lipinski definition) is 2. The Balaban J connectivity index is 1.41. The molecule has 0 bridgehead atoms. The lowest BCUT2D eigenvalue weighted by Gasteiger charge is -2.25. The first-order valence-electron chi connectivity index (χ1n) is 10.6. The van der Waals surface area contributed by atoms with E-state index in [9.17, 15) is 14.4 Å². The fraction of sp³-hybridized carbons (Fsp3) is 0.261. The molecule has 0 saturated carbocycles. The predicted molar refractivity (Wildman–Crippen MR) is 126 cm³/mol. The van der Waals surface area contributed by atoms with E-state index in [4.69, 9.17) is 4.74 Å². The second kappa shape index (κ2) is 9.56. The molecule has 1 aliphatic rings. The van der Waals surface area contributed by atoms with Crippen LogP contribution in [0.5, 0.6) is 5.75 Å². The minimum Gasteiger partial charge on any atom is -0.497 e. The summed E-state index contributed by atoms with van der Waals surface area (Å²) in [4.78, 5) is 38.2. The van der Waals surface area contributed by atoms with Gasteiger partial charge in [0.25, 0.3) is 5.91 Å². The molecule has 0 spiro atoms. The number of rotatable bonds is 8. The van der Waals surface area contributed by atoms with Crippen LogP contribution in [0.2, 0.25) is 0 Å². The number of benzene rings is 2. The molecule has 1 atom stereocenters. The van der Waals surface area contributed by atoms with Gasteiger partial charge in [0.2, 0.25) is 5.91 Å². The quantitative estimate of drug-likeness (QED) is 0.376. The van der Waals surface area contributed by atoms with E-state index in [1.807, 2.05) is 30.3 Å². The van der Waals surface area contributed by atoms with Gasteiger partial charge in [-0.15, -0.1) is 10.2 Å². The molecule has 4 amide bonds. The fourth-order valence-corrected chi connectivity index (χ4v) is 4.46. The number of nitrogens with one attached hydrogen (secondary N) is 2. The predicted octanol–water partition coefficient (Wildman–Crippen LogP) is 2.47. The molecule has 4 rings (SSSR count). The smallest absolute Gasteiger partial charge is 0.344 e. The highest BCUT2D eigenvalue weighted by Gasteiger charge is 2.52. The van der Waals surface area contributed by atoms with Crippen molar-refractivity contribution in [1.29, 1.82) is 0 Å². The van der Waals surface area contributed by atoms with E-state index in [1.54, 1.807) is 49.9 Å². The largest absolute Gasteiger partial charge is 0.497 e. The molecule has 2 N–H and O–H groups in total. The fourth-order valence-electron chi connectivity index (χ4n) is 3.76.